The fourth-order valence-corrected chi connectivity index (χ4v) is 3.50. The molecule has 1 aliphatic carbocycles. The van der Waals surface area contributed by atoms with Gasteiger partial charge in [0.05, 0.1) is 14.2 Å². The third-order valence-corrected chi connectivity index (χ3v) is 4.91. The molecule has 0 radical (unpaired) electrons. The molecule has 0 saturated carbocycles. The standard InChI is InChI=1S/C24H27NO3/c1-17-11-20(19-8-6-10-23(15-19)28-4)14-21(12-17)24(26)25(2)16-18-7-5-9-22(13-18)27-3/h5-11,13-15,17H,12,16H2,1-4H3/t17-/m0/s1. The van der Waals surface area contributed by atoms with Crippen molar-refractivity contribution in [3.63, 3.8) is 0 Å². The van der Waals surface area contributed by atoms with Crippen LogP contribution in [0, 0.1) is 5.92 Å². The summed E-state index contributed by atoms with van der Waals surface area (Å²) < 4.78 is 10.6. The molecule has 1 aliphatic rings. The van der Waals surface area contributed by atoms with Gasteiger partial charge in [-0.15, -0.1) is 0 Å². The van der Waals surface area contributed by atoms with Crippen LogP contribution in [0.25, 0.3) is 5.57 Å². The highest BCUT2D eigenvalue weighted by molar-refractivity contribution is 5.97. The quantitative estimate of drug-likeness (QED) is 0.732. The van der Waals surface area contributed by atoms with Crippen LogP contribution in [0.15, 0.2) is 66.3 Å². The summed E-state index contributed by atoms with van der Waals surface area (Å²) in [5, 5.41) is 0. The van der Waals surface area contributed by atoms with Crippen LogP contribution >= 0.6 is 0 Å². The fourth-order valence-electron chi connectivity index (χ4n) is 3.50. The third-order valence-electron chi connectivity index (χ3n) is 4.91. The van der Waals surface area contributed by atoms with E-state index in [2.05, 4.69) is 13.0 Å². The lowest BCUT2D eigenvalue weighted by Gasteiger charge is -2.24. The van der Waals surface area contributed by atoms with E-state index in [1.165, 1.54) is 0 Å². The van der Waals surface area contributed by atoms with E-state index in [-0.39, 0.29) is 5.91 Å². The number of ether oxygens (including phenoxy) is 2. The highest BCUT2D eigenvalue weighted by Gasteiger charge is 2.21. The second-order valence-electron chi connectivity index (χ2n) is 7.22. The molecule has 1 atom stereocenters. The van der Waals surface area contributed by atoms with Gasteiger partial charge in [0.15, 0.2) is 0 Å². The fraction of sp³-hybridized carbons (Fsp3) is 0.292. The first-order valence-electron chi connectivity index (χ1n) is 9.45. The van der Waals surface area contributed by atoms with E-state index in [4.69, 9.17) is 9.47 Å². The minimum atomic E-state index is 0.0585. The Morgan fingerprint density at radius 1 is 1.07 bits per heavy atom. The van der Waals surface area contributed by atoms with Crippen LogP contribution in [0.5, 0.6) is 11.5 Å². The van der Waals surface area contributed by atoms with Gasteiger partial charge in [0.1, 0.15) is 11.5 Å². The Bertz CT molecular complexity index is 914. The molecule has 0 aliphatic heterocycles. The second kappa shape index (κ2) is 8.79. The number of methoxy groups -OCH3 is 2. The number of rotatable bonds is 6. The van der Waals surface area contributed by atoms with Gasteiger partial charge in [-0.05, 0) is 59.4 Å². The lowest BCUT2D eigenvalue weighted by molar-refractivity contribution is -0.126. The van der Waals surface area contributed by atoms with Gasteiger partial charge >= 0.3 is 0 Å². The normalized spacial score (nSPS) is 16.1. The Hall–Kier alpha value is -3.01. The molecule has 0 bridgehead atoms. The van der Waals surface area contributed by atoms with Crippen LogP contribution in [0.3, 0.4) is 0 Å². The number of allylic oxidation sites excluding steroid dienone is 3. The number of benzene rings is 2. The average molecular weight is 377 g/mol. The number of hydrogen-bond donors (Lipinski definition) is 0. The van der Waals surface area contributed by atoms with Gasteiger partial charge in [-0.2, -0.15) is 0 Å². The van der Waals surface area contributed by atoms with Crippen LogP contribution in [0.4, 0.5) is 0 Å². The molecule has 3 rings (SSSR count). The first kappa shape index (κ1) is 19.7. The van der Waals surface area contributed by atoms with Gasteiger partial charge in [-0.3, -0.25) is 4.79 Å². The summed E-state index contributed by atoms with van der Waals surface area (Å²) in [7, 11) is 5.15. The summed E-state index contributed by atoms with van der Waals surface area (Å²) in [5.41, 5.74) is 4.00. The predicted octanol–water partition coefficient (Wildman–Crippen LogP) is 4.71. The van der Waals surface area contributed by atoms with Gasteiger partial charge in [0.2, 0.25) is 5.91 Å². The predicted molar refractivity (Wildman–Crippen MR) is 112 cm³/mol. The Morgan fingerprint density at radius 3 is 2.46 bits per heavy atom. The highest BCUT2D eigenvalue weighted by atomic mass is 16.5. The zero-order chi connectivity index (χ0) is 20.1. The molecule has 1 amide bonds. The van der Waals surface area contributed by atoms with Crippen molar-refractivity contribution in [2.24, 2.45) is 5.92 Å². The molecule has 4 nitrogen and oxygen atoms in total. The lowest BCUT2D eigenvalue weighted by atomic mass is 9.88. The van der Waals surface area contributed by atoms with Crippen molar-refractivity contribution in [2.75, 3.05) is 21.3 Å². The van der Waals surface area contributed by atoms with Gasteiger partial charge in [0, 0.05) is 19.2 Å². The number of amides is 1. The van der Waals surface area contributed by atoms with E-state index in [0.29, 0.717) is 12.5 Å². The van der Waals surface area contributed by atoms with Crippen molar-refractivity contribution < 1.29 is 14.3 Å². The summed E-state index contributed by atoms with van der Waals surface area (Å²) in [6, 6.07) is 15.8. The summed E-state index contributed by atoms with van der Waals surface area (Å²) in [4.78, 5) is 14.8. The van der Waals surface area contributed by atoms with Crippen LogP contribution in [0.1, 0.15) is 24.5 Å². The summed E-state index contributed by atoms with van der Waals surface area (Å²) in [6.07, 6.45) is 4.97. The molecule has 0 spiro atoms. The molecular weight excluding hydrogens is 350 g/mol. The van der Waals surface area contributed by atoms with E-state index >= 15 is 0 Å². The molecule has 0 fully saturated rings. The van der Waals surface area contributed by atoms with E-state index in [1.54, 1.807) is 19.1 Å². The van der Waals surface area contributed by atoms with Crippen LogP contribution in [-0.4, -0.2) is 32.1 Å². The Labute approximate surface area is 167 Å². The van der Waals surface area contributed by atoms with Crippen molar-refractivity contribution in [3.05, 3.63) is 77.4 Å². The Balaban J connectivity index is 1.79. The van der Waals surface area contributed by atoms with Gasteiger partial charge in [-0.25, -0.2) is 0 Å². The highest BCUT2D eigenvalue weighted by Crippen LogP contribution is 2.31. The van der Waals surface area contributed by atoms with E-state index in [0.717, 1.165) is 40.2 Å². The molecule has 4 heteroatoms. The van der Waals surface area contributed by atoms with Crippen LogP contribution in [-0.2, 0) is 11.3 Å². The van der Waals surface area contributed by atoms with Crippen molar-refractivity contribution in [3.8, 4) is 11.5 Å². The zero-order valence-corrected chi connectivity index (χ0v) is 16.9. The molecule has 0 saturated heterocycles. The molecular formula is C24H27NO3. The topological polar surface area (TPSA) is 38.8 Å². The van der Waals surface area contributed by atoms with E-state index in [9.17, 15) is 4.79 Å². The molecule has 2 aromatic rings. The zero-order valence-electron chi connectivity index (χ0n) is 16.9. The maximum absolute atomic E-state index is 13.1. The van der Waals surface area contributed by atoms with Crippen molar-refractivity contribution in [1.82, 2.24) is 4.90 Å². The SMILES string of the molecule is COc1cccc(CN(C)C(=O)C2=CC(c3cccc(OC)c3)=C[C@H](C)C2)c1. The summed E-state index contributed by atoms with van der Waals surface area (Å²) in [5.74, 6) is 1.97. The van der Waals surface area contributed by atoms with Gasteiger partial charge < -0.3 is 14.4 Å². The van der Waals surface area contributed by atoms with Crippen molar-refractivity contribution in [2.45, 2.75) is 19.9 Å². The van der Waals surface area contributed by atoms with Gasteiger partial charge in [0.25, 0.3) is 0 Å². The average Bonchev–Trinajstić information content (AvgIpc) is 2.72. The first-order chi connectivity index (χ1) is 13.5. The van der Waals surface area contributed by atoms with E-state index in [1.807, 2.05) is 61.7 Å². The number of nitrogens with zero attached hydrogens (tertiary/aromatic N) is 1. The Kier molecular flexibility index (Phi) is 6.19. The van der Waals surface area contributed by atoms with Crippen molar-refractivity contribution in [1.29, 1.82) is 0 Å². The maximum Gasteiger partial charge on any atom is 0.249 e. The lowest BCUT2D eigenvalue weighted by Crippen LogP contribution is -2.29. The summed E-state index contributed by atoms with van der Waals surface area (Å²) in [6.45, 7) is 2.68. The largest absolute Gasteiger partial charge is 0.497 e. The summed E-state index contributed by atoms with van der Waals surface area (Å²) >= 11 is 0. The number of carbonyl (C=O) groups is 1. The second-order valence-corrected chi connectivity index (χ2v) is 7.22. The first-order valence-corrected chi connectivity index (χ1v) is 9.45. The minimum absolute atomic E-state index is 0.0585. The van der Waals surface area contributed by atoms with Crippen molar-refractivity contribution >= 4 is 11.5 Å². The number of hydrogen-bond acceptors (Lipinski definition) is 3. The molecule has 0 aromatic heterocycles. The molecule has 2 aromatic carbocycles. The smallest absolute Gasteiger partial charge is 0.249 e. The number of carbonyl (C=O) groups excluding carboxylic acids is 1. The molecule has 146 valence electrons. The molecule has 28 heavy (non-hydrogen) atoms. The molecule has 0 heterocycles. The minimum Gasteiger partial charge on any atom is -0.497 e. The van der Waals surface area contributed by atoms with Gasteiger partial charge in [-0.1, -0.05) is 37.3 Å². The molecule has 0 N–H and O–H groups in total. The Morgan fingerprint density at radius 2 is 1.75 bits per heavy atom. The van der Waals surface area contributed by atoms with Crippen LogP contribution < -0.4 is 9.47 Å². The van der Waals surface area contributed by atoms with Crippen LogP contribution in [0.2, 0.25) is 0 Å². The monoisotopic (exact) mass is 377 g/mol. The van der Waals surface area contributed by atoms with E-state index < -0.39 is 0 Å². The number of likely N-dealkylation sites (N-methyl/N-ethyl adjacent to an activating group) is 1. The third kappa shape index (κ3) is 4.63. The maximum atomic E-state index is 13.1. The molecule has 0 unspecified atom stereocenters.